The molecule has 9 heteroatoms. The Morgan fingerprint density at radius 1 is 0.575 bits per heavy atom. The maximum absolute atomic E-state index is 5.29. The van der Waals surface area contributed by atoms with Crippen LogP contribution in [0.15, 0.2) is 123 Å². The molecule has 0 spiro atoms. The van der Waals surface area contributed by atoms with Gasteiger partial charge in [0.1, 0.15) is 11.4 Å². The van der Waals surface area contributed by atoms with Gasteiger partial charge in [-0.25, -0.2) is 4.98 Å². The molecule has 0 fully saturated rings. The number of rotatable bonds is 3. The van der Waals surface area contributed by atoms with Gasteiger partial charge in [-0.3, -0.25) is 19.9 Å². The van der Waals surface area contributed by atoms with Gasteiger partial charge in [0.05, 0.1) is 35.2 Å². The van der Waals surface area contributed by atoms with E-state index in [9.17, 15) is 0 Å². The van der Waals surface area contributed by atoms with Crippen molar-refractivity contribution in [3.8, 4) is 22.8 Å². The van der Waals surface area contributed by atoms with E-state index in [-0.39, 0.29) is 6.71 Å². The SMILES string of the molecule is c1ccc(N2c3cncc4c3B3c5c(cncc52)Sc2c(-c5ccccn5)nc(-c5ccccn5)c(c23)S4)cc1. The van der Waals surface area contributed by atoms with E-state index in [2.05, 4.69) is 29.2 Å². The lowest BCUT2D eigenvalue weighted by Gasteiger charge is -2.43. The summed E-state index contributed by atoms with van der Waals surface area (Å²) in [5, 5.41) is 0. The van der Waals surface area contributed by atoms with Crippen LogP contribution in [0.4, 0.5) is 17.1 Å². The van der Waals surface area contributed by atoms with Crippen molar-refractivity contribution in [2.45, 2.75) is 19.6 Å². The van der Waals surface area contributed by atoms with Gasteiger partial charge in [-0.05, 0) is 52.8 Å². The molecule has 8 heterocycles. The number of hydrogen-bond acceptors (Lipinski definition) is 8. The second kappa shape index (κ2) is 8.52. The van der Waals surface area contributed by atoms with Crippen LogP contribution < -0.4 is 21.3 Å². The molecule has 0 aliphatic carbocycles. The van der Waals surface area contributed by atoms with Gasteiger partial charge in [0, 0.05) is 50.1 Å². The van der Waals surface area contributed by atoms with Crippen molar-refractivity contribution in [2.24, 2.45) is 0 Å². The Morgan fingerprint density at radius 2 is 1.12 bits per heavy atom. The van der Waals surface area contributed by atoms with E-state index in [0.29, 0.717) is 0 Å². The molecule has 3 aliphatic rings. The normalized spacial score (nSPS) is 13.7. The Morgan fingerprint density at radius 3 is 1.65 bits per heavy atom. The Kier molecular flexibility index (Phi) is 4.76. The number of nitrogens with zero attached hydrogens (tertiary/aromatic N) is 6. The van der Waals surface area contributed by atoms with E-state index in [1.807, 2.05) is 79.6 Å². The zero-order chi connectivity index (χ0) is 26.2. The first-order valence-corrected chi connectivity index (χ1v) is 14.6. The molecule has 0 saturated carbocycles. The number of aromatic nitrogens is 5. The van der Waals surface area contributed by atoms with Crippen molar-refractivity contribution in [3.63, 3.8) is 0 Å². The van der Waals surface area contributed by atoms with Crippen LogP contribution in [0.3, 0.4) is 0 Å². The lowest BCUT2D eigenvalue weighted by molar-refractivity contribution is 1.11. The molecule has 0 saturated heterocycles. The molecule has 6 aromatic rings. The molecule has 9 rings (SSSR count). The summed E-state index contributed by atoms with van der Waals surface area (Å²) in [4.78, 5) is 31.1. The molecule has 5 aromatic heterocycles. The molecule has 0 amide bonds. The molecule has 0 atom stereocenters. The van der Waals surface area contributed by atoms with Gasteiger partial charge in [-0.15, -0.1) is 0 Å². The van der Waals surface area contributed by atoms with Crippen molar-refractivity contribution in [3.05, 3.63) is 104 Å². The minimum Gasteiger partial charge on any atom is -0.308 e. The van der Waals surface area contributed by atoms with Gasteiger partial charge in [0.15, 0.2) is 0 Å². The minimum atomic E-state index is 0.0291. The first kappa shape index (κ1) is 22.4. The van der Waals surface area contributed by atoms with E-state index >= 15 is 0 Å². The summed E-state index contributed by atoms with van der Waals surface area (Å²) in [6.45, 7) is 0.0291. The van der Waals surface area contributed by atoms with Crippen molar-refractivity contribution >= 4 is 63.7 Å². The second-order valence-electron chi connectivity index (χ2n) is 9.76. The second-order valence-corrected chi connectivity index (χ2v) is 11.9. The third-order valence-electron chi connectivity index (χ3n) is 7.60. The van der Waals surface area contributed by atoms with Gasteiger partial charge >= 0.3 is 0 Å². The standard InChI is InChI=1S/C31H17BN6S2/c1-2-8-18(9-3-1)38-21-14-33-16-23-25(21)32-26-22(38)15-34-17-24(26)40-31-27(32)30(39-23)28(19-10-4-6-12-35-19)37-29(31)20-11-5-7-13-36-20/h1-17H. The summed E-state index contributed by atoms with van der Waals surface area (Å²) in [5.41, 5.74) is 10.6. The number of benzene rings is 1. The fourth-order valence-corrected chi connectivity index (χ4v) is 8.56. The molecule has 186 valence electrons. The zero-order valence-corrected chi connectivity index (χ0v) is 22.5. The number of para-hydroxylation sites is 1. The quantitative estimate of drug-likeness (QED) is 0.279. The van der Waals surface area contributed by atoms with E-state index < -0.39 is 0 Å². The highest BCUT2D eigenvalue weighted by molar-refractivity contribution is 8.01. The largest absolute Gasteiger partial charge is 0.308 e. The predicted molar refractivity (Wildman–Crippen MR) is 160 cm³/mol. The summed E-state index contributed by atoms with van der Waals surface area (Å²) < 4.78 is 0. The molecule has 1 aromatic carbocycles. The summed E-state index contributed by atoms with van der Waals surface area (Å²) in [5.74, 6) is 0. The number of pyridine rings is 5. The van der Waals surface area contributed by atoms with Crippen LogP contribution in [-0.2, 0) is 0 Å². The summed E-state index contributed by atoms with van der Waals surface area (Å²) >= 11 is 3.50. The first-order chi connectivity index (χ1) is 19.9. The van der Waals surface area contributed by atoms with Crippen LogP contribution in [0.5, 0.6) is 0 Å². The maximum atomic E-state index is 5.29. The number of hydrogen-bond donors (Lipinski definition) is 0. The maximum Gasteiger partial charge on any atom is 0.253 e. The lowest BCUT2D eigenvalue weighted by Crippen LogP contribution is -2.62. The first-order valence-electron chi connectivity index (χ1n) is 12.9. The van der Waals surface area contributed by atoms with Crippen LogP contribution in [-0.4, -0.2) is 31.6 Å². The highest BCUT2D eigenvalue weighted by atomic mass is 32.2. The highest BCUT2D eigenvalue weighted by Crippen LogP contribution is 2.49. The van der Waals surface area contributed by atoms with Crippen LogP contribution in [0, 0.1) is 0 Å². The van der Waals surface area contributed by atoms with Crippen LogP contribution in [0.25, 0.3) is 22.8 Å². The van der Waals surface area contributed by atoms with Gasteiger partial charge in [0.25, 0.3) is 6.71 Å². The van der Waals surface area contributed by atoms with Gasteiger partial charge in [0.2, 0.25) is 0 Å². The topological polar surface area (TPSA) is 67.7 Å². The Balaban J connectivity index is 1.40. The molecule has 0 bridgehead atoms. The zero-order valence-electron chi connectivity index (χ0n) is 20.9. The van der Waals surface area contributed by atoms with E-state index in [1.165, 1.54) is 16.4 Å². The van der Waals surface area contributed by atoms with Gasteiger partial charge in [-0.2, -0.15) is 0 Å². The van der Waals surface area contributed by atoms with Crippen molar-refractivity contribution in [2.75, 3.05) is 4.90 Å². The Bertz CT molecular complexity index is 1850. The molecule has 6 nitrogen and oxygen atoms in total. The van der Waals surface area contributed by atoms with Gasteiger partial charge < -0.3 is 4.90 Å². The van der Waals surface area contributed by atoms with E-state index in [1.54, 1.807) is 23.5 Å². The molecule has 40 heavy (non-hydrogen) atoms. The average molecular weight is 548 g/mol. The third-order valence-corrected chi connectivity index (χ3v) is 9.93. The van der Waals surface area contributed by atoms with Crippen molar-refractivity contribution in [1.82, 2.24) is 24.9 Å². The molecular weight excluding hydrogens is 531 g/mol. The average Bonchev–Trinajstić information content (AvgIpc) is 3.02. The van der Waals surface area contributed by atoms with E-state index in [4.69, 9.17) is 24.9 Å². The predicted octanol–water partition coefficient (Wildman–Crippen LogP) is 5.22. The number of anilines is 3. The summed E-state index contributed by atoms with van der Waals surface area (Å²) in [6, 6.07) is 22.5. The molecule has 0 N–H and O–H groups in total. The molecular formula is C31H17BN6S2. The summed E-state index contributed by atoms with van der Waals surface area (Å²) in [6.07, 6.45) is 11.6. The molecule has 3 aliphatic heterocycles. The third kappa shape index (κ3) is 3.07. The molecule has 0 unspecified atom stereocenters. The van der Waals surface area contributed by atoms with Crippen LogP contribution >= 0.6 is 23.5 Å². The Hall–Kier alpha value is -4.47. The fourth-order valence-electron chi connectivity index (χ4n) is 6.01. The van der Waals surface area contributed by atoms with Crippen molar-refractivity contribution in [1.29, 1.82) is 0 Å². The van der Waals surface area contributed by atoms with Crippen LogP contribution in [0.2, 0.25) is 0 Å². The monoisotopic (exact) mass is 548 g/mol. The Labute approximate surface area is 239 Å². The highest BCUT2D eigenvalue weighted by Gasteiger charge is 2.48. The van der Waals surface area contributed by atoms with E-state index in [0.717, 1.165) is 59.4 Å². The summed E-state index contributed by atoms with van der Waals surface area (Å²) in [7, 11) is 0. The lowest BCUT2D eigenvalue weighted by atomic mass is 9.34. The van der Waals surface area contributed by atoms with Crippen LogP contribution in [0.1, 0.15) is 0 Å². The fraction of sp³-hybridized carbons (Fsp3) is 0. The minimum absolute atomic E-state index is 0.0291. The molecule has 0 radical (unpaired) electrons. The van der Waals surface area contributed by atoms with Crippen molar-refractivity contribution < 1.29 is 0 Å². The van der Waals surface area contributed by atoms with Gasteiger partial charge in [-0.1, -0.05) is 53.9 Å². The smallest absolute Gasteiger partial charge is 0.253 e.